The molecule has 0 aromatic heterocycles. The van der Waals surface area contributed by atoms with Crippen LogP contribution in [-0.4, -0.2) is 6.36 Å². The molecule has 1 rings (SSSR count). The van der Waals surface area contributed by atoms with Gasteiger partial charge in [0, 0.05) is 0 Å². The Morgan fingerprint density at radius 3 is 2.06 bits per heavy atom. The molecule has 0 unspecified atom stereocenters. The van der Waals surface area contributed by atoms with Crippen LogP contribution < -0.4 is 10.6 Å². The Bertz CT molecular complexity index is 355. The van der Waals surface area contributed by atoms with Gasteiger partial charge in [-0.3, -0.25) is 0 Å². The van der Waals surface area contributed by atoms with Crippen molar-refractivity contribution in [2.75, 3.05) is 10.6 Å². The predicted molar refractivity (Wildman–Crippen MR) is 41.9 cm³/mol. The summed E-state index contributed by atoms with van der Waals surface area (Å²) in [6, 6.07) is 3.14. The second-order valence-corrected chi connectivity index (χ2v) is 2.53. The highest BCUT2D eigenvalue weighted by molar-refractivity contribution is 5.55. The van der Waals surface area contributed by atoms with Crippen LogP contribution in [0.15, 0.2) is 24.3 Å². The summed E-state index contributed by atoms with van der Waals surface area (Å²) in [6.45, 7) is 0. The highest BCUT2D eigenvalue weighted by atomic mass is 19.4. The van der Waals surface area contributed by atoms with Gasteiger partial charge in [0.05, 0.1) is 0 Å². The van der Waals surface area contributed by atoms with Gasteiger partial charge in [0.2, 0.25) is 0 Å². The van der Waals surface area contributed by atoms with E-state index in [0.29, 0.717) is 6.07 Å². The normalized spacial score (nSPS) is 11.4. The third-order valence-corrected chi connectivity index (χ3v) is 1.41. The number of alkyl halides is 3. The molecule has 0 heterocycles. The highest BCUT2D eigenvalue weighted by Gasteiger charge is 2.34. The van der Waals surface area contributed by atoms with Gasteiger partial charge in [-0.1, -0.05) is 24.8 Å². The van der Waals surface area contributed by atoms with Crippen LogP contribution in [0.3, 0.4) is 0 Å². The molecule has 3 nitrogen and oxygen atoms in total. The van der Waals surface area contributed by atoms with Gasteiger partial charge in [0.1, 0.15) is 11.4 Å². The lowest BCUT2D eigenvalue weighted by molar-refractivity contribution is -0.345. The van der Waals surface area contributed by atoms with Gasteiger partial charge >= 0.3 is 6.36 Å². The molecule has 1 aromatic rings. The number of anilines is 2. The van der Waals surface area contributed by atoms with Gasteiger partial charge in [-0.2, -0.15) is 0 Å². The van der Waals surface area contributed by atoms with Crippen molar-refractivity contribution in [1.82, 2.24) is 0 Å². The summed E-state index contributed by atoms with van der Waals surface area (Å²) in [5.74, 6) is 0. The molecule has 0 saturated heterocycles. The van der Waals surface area contributed by atoms with Crippen LogP contribution in [0.4, 0.5) is 38.0 Å². The van der Waals surface area contributed by atoms with E-state index in [1.54, 1.807) is 0 Å². The van der Waals surface area contributed by atoms with E-state index in [4.69, 9.17) is 0 Å². The van der Waals surface area contributed by atoms with Crippen LogP contribution in [0.5, 0.6) is 0 Å². The minimum Gasteiger partial charge on any atom is -0.142 e. The summed E-state index contributed by atoms with van der Waals surface area (Å²) in [5, 5.41) is -2.52. The number of benzene rings is 1. The van der Waals surface area contributed by atoms with Gasteiger partial charge in [0.25, 0.3) is 0 Å². The molecule has 0 amide bonds. The third kappa shape index (κ3) is 3.50. The summed E-state index contributed by atoms with van der Waals surface area (Å²) >= 11 is 0. The number of hydrogen-bond donors (Lipinski definition) is 0. The molecule has 0 N–H and O–H groups in total. The van der Waals surface area contributed by atoms with E-state index in [-0.39, 0.29) is 0 Å². The molecule has 0 aliphatic heterocycles. The molecule has 16 heavy (non-hydrogen) atoms. The summed E-state index contributed by atoms with van der Waals surface area (Å²) in [5.41, 5.74) is -1.58. The van der Waals surface area contributed by atoms with E-state index in [9.17, 15) is 26.6 Å². The maximum absolute atomic E-state index is 12.7. The average Bonchev–Trinajstić information content (AvgIpc) is 2.15. The lowest BCUT2D eigenvalue weighted by Crippen LogP contribution is -2.24. The zero-order valence-electron chi connectivity index (χ0n) is 7.38. The Morgan fingerprint density at radius 2 is 1.56 bits per heavy atom. The highest BCUT2D eigenvalue weighted by Crippen LogP contribution is 2.27. The van der Waals surface area contributed by atoms with E-state index in [2.05, 4.69) is 4.84 Å². The lowest BCUT2D eigenvalue weighted by Gasteiger charge is -2.15. The Hall–Kier alpha value is -1.64. The van der Waals surface area contributed by atoms with Crippen LogP contribution in [-0.2, 0) is 4.84 Å². The van der Waals surface area contributed by atoms with Crippen molar-refractivity contribution in [3.63, 3.8) is 0 Å². The van der Waals surface area contributed by atoms with Gasteiger partial charge in [-0.25, -0.2) is 0 Å². The second-order valence-electron chi connectivity index (χ2n) is 2.53. The molecule has 0 aliphatic carbocycles. The van der Waals surface area contributed by atoms with Crippen LogP contribution in [0.1, 0.15) is 0 Å². The minimum atomic E-state index is -5.24. The predicted octanol–water partition coefficient (Wildman–Crippen LogP) is 3.40. The maximum Gasteiger partial charge on any atom is 0.546 e. The Morgan fingerprint density at radius 1 is 1.00 bits per heavy atom. The van der Waals surface area contributed by atoms with E-state index >= 15 is 0 Å². The fourth-order valence-electron chi connectivity index (χ4n) is 0.851. The summed E-state index contributed by atoms with van der Waals surface area (Å²) in [7, 11) is 0. The molecule has 0 saturated carbocycles. The molecule has 0 fully saturated rings. The summed E-state index contributed by atoms with van der Waals surface area (Å²) < 4.78 is 71.4. The maximum atomic E-state index is 12.7. The van der Waals surface area contributed by atoms with Crippen LogP contribution in [0, 0.1) is 0 Å². The molecule has 0 radical (unpaired) electrons. The molecular weight excluding hydrogens is 242 g/mol. The largest absolute Gasteiger partial charge is 0.546 e. The molecule has 9 heteroatoms. The average molecular weight is 246 g/mol. The fourth-order valence-corrected chi connectivity index (χ4v) is 0.851. The minimum absolute atomic E-state index is 0.478. The zero-order chi connectivity index (χ0) is 12.3. The molecule has 1 aromatic carbocycles. The van der Waals surface area contributed by atoms with Crippen molar-refractivity contribution >= 4 is 11.4 Å². The topological polar surface area (TPSA) is 15.7 Å². The first-order valence-electron chi connectivity index (χ1n) is 3.73. The molecule has 0 bridgehead atoms. The van der Waals surface area contributed by atoms with Crippen molar-refractivity contribution < 1.29 is 31.5 Å². The van der Waals surface area contributed by atoms with Crippen molar-refractivity contribution in [2.45, 2.75) is 6.36 Å². The van der Waals surface area contributed by atoms with E-state index in [1.165, 1.54) is 0 Å². The van der Waals surface area contributed by atoms with E-state index in [1.807, 2.05) is 0 Å². The number of rotatable bonds is 3. The first-order valence-corrected chi connectivity index (χ1v) is 3.73. The Kier molecular flexibility index (Phi) is 3.48. The van der Waals surface area contributed by atoms with Crippen LogP contribution in [0.2, 0.25) is 0 Å². The fraction of sp³-hybridized carbons (Fsp3) is 0.143. The van der Waals surface area contributed by atoms with Crippen LogP contribution in [0.25, 0.3) is 0 Å². The molecule has 90 valence electrons. The quantitative estimate of drug-likeness (QED) is 0.461. The molecule has 0 spiro atoms. The van der Waals surface area contributed by atoms with Gasteiger partial charge in [-0.05, 0) is 23.5 Å². The third-order valence-electron chi connectivity index (χ3n) is 1.41. The van der Waals surface area contributed by atoms with Crippen molar-refractivity contribution in [3.05, 3.63) is 24.3 Å². The molecule has 0 atom stereocenters. The van der Waals surface area contributed by atoms with Gasteiger partial charge in [-0.15, -0.1) is 18.0 Å². The van der Waals surface area contributed by atoms with Crippen molar-refractivity contribution in [2.24, 2.45) is 0 Å². The van der Waals surface area contributed by atoms with Crippen LogP contribution >= 0.6 is 0 Å². The number of hydrogen-bond acceptors (Lipinski definition) is 3. The standard InChI is InChI=1S/C7H4F6N2O/c8-7(9,10)16-15(13)6-3-1-2-5(4-6)14(11)12/h1-4H. The Balaban J connectivity index is 2.83. The van der Waals surface area contributed by atoms with E-state index < -0.39 is 28.4 Å². The van der Waals surface area contributed by atoms with E-state index in [0.717, 1.165) is 18.2 Å². The summed E-state index contributed by atoms with van der Waals surface area (Å²) in [4.78, 5) is 2.86. The SMILES string of the molecule is FN(F)c1cccc(N(F)OC(F)(F)F)c1. The molecule has 0 aliphatic rings. The zero-order valence-corrected chi connectivity index (χ0v) is 7.38. The first-order chi connectivity index (χ1) is 7.29. The van der Waals surface area contributed by atoms with Crippen molar-refractivity contribution in [1.29, 1.82) is 0 Å². The Labute approximate surface area is 85.2 Å². The smallest absolute Gasteiger partial charge is 0.142 e. The van der Waals surface area contributed by atoms with Crippen molar-refractivity contribution in [3.8, 4) is 0 Å². The second kappa shape index (κ2) is 4.47. The van der Waals surface area contributed by atoms with Gasteiger partial charge in [0.15, 0.2) is 0 Å². The monoisotopic (exact) mass is 246 g/mol. The first kappa shape index (κ1) is 12.4. The number of halogens is 6. The molecular formula is C7H4F6N2O. The lowest BCUT2D eigenvalue weighted by atomic mass is 10.3. The van der Waals surface area contributed by atoms with Gasteiger partial charge < -0.3 is 0 Å². The number of nitrogens with zero attached hydrogens (tertiary/aromatic N) is 2. The summed E-state index contributed by atoms with van der Waals surface area (Å²) in [6.07, 6.45) is -5.24.